The number of carbonyl (C=O) groups is 1. The number of anilines is 1. The molecule has 2 aromatic rings. The zero-order valence-corrected chi connectivity index (χ0v) is 13.2. The van der Waals surface area contributed by atoms with Gasteiger partial charge in [0, 0.05) is 18.1 Å². The highest BCUT2D eigenvalue weighted by molar-refractivity contribution is 7.94. The summed E-state index contributed by atoms with van der Waals surface area (Å²) < 4.78 is 28.7. The zero-order chi connectivity index (χ0) is 15.6. The third-order valence-corrected chi connectivity index (χ3v) is 5.65. The number of nitrogens with one attached hydrogen (secondary N) is 1. The van der Waals surface area contributed by atoms with Crippen molar-refractivity contribution in [1.29, 1.82) is 0 Å². The van der Waals surface area contributed by atoms with E-state index >= 15 is 0 Å². The molecule has 9 heteroatoms. The molecule has 21 heavy (non-hydrogen) atoms. The van der Waals surface area contributed by atoms with Gasteiger partial charge < -0.3 is 5.11 Å². The lowest BCUT2D eigenvalue weighted by atomic mass is 10.3. The van der Waals surface area contributed by atoms with E-state index in [1.807, 2.05) is 6.92 Å². The number of sulfonamides is 1. The Labute approximate surface area is 126 Å². The largest absolute Gasteiger partial charge is 0.481 e. The molecule has 0 fully saturated rings. The number of aryl methyl sites for hydroxylation is 2. The minimum atomic E-state index is -3.73. The maximum Gasteiger partial charge on any atom is 0.308 e. The van der Waals surface area contributed by atoms with Gasteiger partial charge in [0.25, 0.3) is 10.0 Å². The van der Waals surface area contributed by atoms with Crippen molar-refractivity contribution in [2.24, 2.45) is 7.05 Å². The summed E-state index contributed by atoms with van der Waals surface area (Å²) in [4.78, 5) is 11.1. The predicted octanol–water partition coefficient (Wildman–Crippen LogP) is 1.47. The van der Waals surface area contributed by atoms with Crippen molar-refractivity contribution in [1.82, 2.24) is 9.78 Å². The molecule has 0 atom stereocenters. The van der Waals surface area contributed by atoms with E-state index in [0.717, 1.165) is 11.3 Å². The summed E-state index contributed by atoms with van der Waals surface area (Å²) in [6.07, 6.45) is 2.02. The summed E-state index contributed by atoms with van der Waals surface area (Å²) in [7, 11) is -2.01. The molecule has 0 unspecified atom stereocenters. The van der Waals surface area contributed by atoms with Crippen LogP contribution in [0.25, 0.3) is 0 Å². The third-order valence-electron chi connectivity index (χ3n) is 2.71. The first-order valence-electron chi connectivity index (χ1n) is 6.17. The van der Waals surface area contributed by atoms with Gasteiger partial charge in [-0.1, -0.05) is 6.92 Å². The van der Waals surface area contributed by atoms with Gasteiger partial charge in [0.1, 0.15) is 4.21 Å². The van der Waals surface area contributed by atoms with Crippen LogP contribution in [0.4, 0.5) is 5.69 Å². The fraction of sp³-hybridized carbons (Fsp3) is 0.333. The van der Waals surface area contributed by atoms with Crippen molar-refractivity contribution >= 4 is 33.0 Å². The molecule has 0 aromatic carbocycles. The quantitative estimate of drug-likeness (QED) is 0.836. The Bertz CT molecular complexity index is 761. The second-order valence-electron chi connectivity index (χ2n) is 4.41. The number of rotatable bonds is 6. The SMILES string of the molecule is CCc1nn(C)cc1NS(=O)(=O)c1ccc(CC(=O)O)s1. The summed E-state index contributed by atoms with van der Waals surface area (Å²) >= 11 is 0.949. The Kier molecular flexibility index (Phi) is 4.33. The van der Waals surface area contributed by atoms with E-state index in [1.165, 1.54) is 12.1 Å². The van der Waals surface area contributed by atoms with E-state index in [1.54, 1.807) is 17.9 Å². The number of hydrogen-bond acceptors (Lipinski definition) is 5. The maximum absolute atomic E-state index is 12.3. The Morgan fingerprint density at radius 1 is 1.48 bits per heavy atom. The first kappa shape index (κ1) is 15.5. The van der Waals surface area contributed by atoms with Crippen molar-refractivity contribution in [3.8, 4) is 0 Å². The van der Waals surface area contributed by atoms with Gasteiger partial charge in [-0.25, -0.2) is 8.42 Å². The highest BCUT2D eigenvalue weighted by atomic mass is 32.2. The normalized spacial score (nSPS) is 11.5. The maximum atomic E-state index is 12.3. The summed E-state index contributed by atoms with van der Waals surface area (Å²) in [5, 5.41) is 12.9. The number of carboxylic acids is 1. The van der Waals surface area contributed by atoms with Crippen molar-refractivity contribution in [2.45, 2.75) is 24.0 Å². The van der Waals surface area contributed by atoms with Crippen molar-refractivity contribution in [2.75, 3.05) is 4.72 Å². The van der Waals surface area contributed by atoms with E-state index in [4.69, 9.17) is 5.11 Å². The molecular formula is C12H15N3O4S2. The molecule has 7 nitrogen and oxygen atoms in total. The Morgan fingerprint density at radius 2 is 2.19 bits per heavy atom. The molecule has 2 rings (SSSR count). The lowest BCUT2D eigenvalue weighted by Gasteiger charge is -2.04. The van der Waals surface area contributed by atoms with Gasteiger partial charge in [-0.15, -0.1) is 11.3 Å². The summed E-state index contributed by atoms with van der Waals surface area (Å²) in [5.74, 6) is -0.991. The van der Waals surface area contributed by atoms with Gasteiger partial charge in [0.15, 0.2) is 0 Å². The average molecular weight is 329 g/mol. The van der Waals surface area contributed by atoms with Crippen LogP contribution < -0.4 is 4.72 Å². The van der Waals surface area contributed by atoms with Crippen molar-refractivity contribution < 1.29 is 18.3 Å². The smallest absolute Gasteiger partial charge is 0.308 e. The second-order valence-corrected chi connectivity index (χ2v) is 7.49. The highest BCUT2D eigenvalue weighted by Crippen LogP contribution is 2.25. The number of carboxylic acid groups (broad SMARTS) is 1. The van der Waals surface area contributed by atoms with Crippen LogP contribution in [-0.4, -0.2) is 29.3 Å². The fourth-order valence-corrected chi connectivity index (χ4v) is 4.24. The number of nitrogens with zero attached hydrogens (tertiary/aromatic N) is 2. The van der Waals surface area contributed by atoms with Crippen LogP contribution in [0.5, 0.6) is 0 Å². The first-order valence-corrected chi connectivity index (χ1v) is 8.47. The Hall–Kier alpha value is -1.87. The fourth-order valence-electron chi connectivity index (χ4n) is 1.82. The van der Waals surface area contributed by atoms with E-state index in [0.29, 0.717) is 22.7 Å². The second kappa shape index (κ2) is 5.86. The first-order chi connectivity index (χ1) is 9.81. The molecule has 0 radical (unpaired) electrons. The molecule has 114 valence electrons. The van der Waals surface area contributed by atoms with E-state index in [2.05, 4.69) is 9.82 Å². The van der Waals surface area contributed by atoms with Crippen LogP contribution in [0, 0.1) is 0 Å². The molecule has 0 saturated heterocycles. The van der Waals surface area contributed by atoms with Crippen LogP contribution in [0.2, 0.25) is 0 Å². The third kappa shape index (κ3) is 3.61. The van der Waals surface area contributed by atoms with Crippen LogP contribution in [-0.2, 0) is 34.7 Å². The number of aromatic nitrogens is 2. The molecule has 0 bridgehead atoms. The molecule has 2 aromatic heterocycles. The Balaban J connectivity index is 2.25. The van der Waals surface area contributed by atoms with Crippen molar-refractivity contribution in [3.05, 3.63) is 28.9 Å². The van der Waals surface area contributed by atoms with Gasteiger partial charge >= 0.3 is 5.97 Å². The molecular weight excluding hydrogens is 314 g/mol. The minimum absolute atomic E-state index is 0.0876. The Morgan fingerprint density at radius 3 is 2.81 bits per heavy atom. The molecule has 0 spiro atoms. The predicted molar refractivity (Wildman–Crippen MR) is 79.1 cm³/mol. The topological polar surface area (TPSA) is 101 Å². The molecule has 2 heterocycles. The molecule has 0 amide bonds. The highest BCUT2D eigenvalue weighted by Gasteiger charge is 2.20. The molecule has 0 aliphatic rings. The standard InChI is InChI=1S/C12H15N3O4S2/c1-3-9-10(7-15(2)13-9)14-21(18,19)12-5-4-8(20-12)6-11(16)17/h4-5,7,14H,3,6H2,1-2H3,(H,16,17). The van der Waals surface area contributed by atoms with E-state index < -0.39 is 16.0 Å². The average Bonchev–Trinajstić information content (AvgIpc) is 2.95. The number of hydrogen-bond donors (Lipinski definition) is 2. The minimum Gasteiger partial charge on any atom is -0.481 e. The van der Waals surface area contributed by atoms with Crippen LogP contribution >= 0.6 is 11.3 Å². The van der Waals surface area contributed by atoms with E-state index in [-0.39, 0.29) is 10.6 Å². The zero-order valence-electron chi connectivity index (χ0n) is 11.5. The van der Waals surface area contributed by atoms with Crippen LogP contribution in [0.1, 0.15) is 17.5 Å². The van der Waals surface area contributed by atoms with Gasteiger partial charge in [0.2, 0.25) is 0 Å². The number of thiophene rings is 1. The van der Waals surface area contributed by atoms with Crippen LogP contribution in [0.3, 0.4) is 0 Å². The monoisotopic (exact) mass is 329 g/mol. The molecule has 0 aliphatic heterocycles. The molecule has 0 aliphatic carbocycles. The van der Waals surface area contributed by atoms with Crippen LogP contribution in [0.15, 0.2) is 22.5 Å². The van der Waals surface area contributed by atoms with Gasteiger partial charge in [-0.2, -0.15) is 5.10 Å². The van der Waals surface area contributed by atoms with Gasteiger partial charge in [0.05, 0.1) is 17.8 Å². The van der Waals surface area contributed by atoms with Gasteiger partial charge in [-0.05, 0) is 18.6 Å². The lowest BCUT2D eigenvalue weighted by molar-refractivity contribution is -0.136. The summed E-state index contributed by atoms with van der Waals surface area (Å²) in [6, 6.07) is 2.92. The van der Waals surface area contributed by atoms with Gasteiger partial charge in [-0.3, -0.25) is 14.2 Å². The lowest BCUT2D eigenvalue weighted by Crippen LogP contribution is -2.12. The van der Waals surface area contributed by atoms with E-state index in [9.17, 15) is 13.2 Å². The number of aliphatic carboxylic acids is 1. The van der Waals surface area contributed by atoms with Crippen molar-refractivity contribution in [3.63, 3.8) is 0 Å². The molecule has 0 saturated carbocycles. The summed E-state index contributed by atoms with van der Waals surface area (Å²) in [6.45, 7) is 1.89. The molecule has 2 N–H and O–H groups in total. The summed E-state index contributed by atoms with van der Waals surface area (Å²) in [5.41, 5.74) is 1.09.